The van der Waals surface area contributed by atoms with Crippen molar-refractivity contribution in [1.82, 2.24) is 9.55 Å². The van der Waals surface area contributed by atoms with Crippen LogP contribution in [0.15, 0.2) is 42.5 Å². The summed E-state index contributed by atoms with van der Waals surface area (Å²) in [6, 6.07) is 13.3. The molecular weight excluding hydrogens is 338 g/mol. The van der Waals surface area contributed by atoms with Gasteiger partial charge in [0.05, 0.1) is 23.8 Å². The zero-order valence-electron chi connectivity index (χ0n) is 13.8. The molecular formula is C19H18ClN3O2. The van der Waals surface area contributed by atoms with E-state index in [0.717, 1.165) is 29.8 Å². The van der Waals surface area contributed by atoms with E-state index in [0.29, 0.717) is 22.9 Å². The third-order valence-corrected chi connectivity index (χ3v) is 4.89. The molecule has 6 heteroatoms. The number of nitrogens with one attached hydrogen (secondary N) is 1. The minimum atomic E-state index is -0.118. The zero-order valence-corrected chi connectivity index (χ0v) is 14.6. The Hall–Kier alpha value is -2.53. The molecule has 0 aliphatic carbocycles. The SMILES string of the molecule is COc1ccc(Cl)cc1NC(=O)C1CCn2c(nc3ccccc32)C1. The number of fused-ring (bicyclic) bond motifs is 3. The Bertz CT molecular complexity index is 951. The van der Waals surface area contributed by atoms with Gasteiger partial charge in [-0.05, 0) is 36.8 Å². The van der Waals surface area contributed by atoms with E-state index in [2.05, 4.69) is 20.9 Å². The Morgan fingerprint density at radius 2 is 2.16 bits per heavy atom. The largest absolute Gasteiger partial charge is 0.495 e. The Morgan fingerprint density at radius 3 is 3.00 bits per heavy atom. The summed E-state index contributed by atoms with van der Waals surface area (Å²) in [5, 5.41) is 3.51. The van der Waals surface area contributed by atoms with Crippen molar-refractivity contribution in [2.24, 2.45) is 5.92 Å². The highest BCUT2D eigenvalue weighted by atomic mass is 35.5. The topological polar surface area (TPSA) is 56.1 Å². The standard InChI is InChI=1S/C19H18ClN3O2/c1-25-17-7-6-13(20)11-15(17)22-19(24)12-8-9-23-16-5-3-2-4-14(16)21-18(23)10-12/h2-7,11-12H,8-10H2,1H3,(H,22,24). The summed E-state index contributed by atoms with van der Waals surface area (Å²) in [6.07, 6.45) is 1.41. The number of aromatic nitrogens is 2. The van der Waals surface area contributed by atoms with Crippen molar-refractivity contribution in [2.75, 3.05) is 12.4 Å². The minimum absolute atomic E-state index is 0.0288. The number of para-hydroxylation sites is 2. The molecule has 1 aliphatic heterocycles. The Morgan fingerprint density at radius 1 is 1.32 bits per heavy atom. The highest BCUT2D eigenvalue weighted by Crippen LogP contribution is 2.30. The highest BCUT2D eigenvalue weighted by molar-refractivity contribution is 6.31. The monoisotopic (exact) mass is 355 g/mol. The molecule has 0 saturated carbocycles. The van der Waals surface area contributed by atoms with E-state index >= 15 is 0 Å². The van der Waals surface area contributed by atoms with E-state index in [1.165, 1.54) is 0 Å². The molecule has 1 aliphatic rings. The highest BCUT2D eigenvalue weighted by Gasteiger charge is 2.27. The molecule has 1 atom stereocenters. The molecule has 1 aromatic heterocycles. The van der Waals surface area contributed by atoms with Crippen molar-refractivity contribution >= 4 is 34.2 Å². The van der Waals surface area contributed by atoms with E-state index in [9.17, 15) is 4.79 Å². The van der Waals surface area contributed by atoms with Crippen molar-refractivity contribution in [2.45, 2.75) is 19.4 Å². The van der Waals surface area contributed by atoms with Crippen LogP contribution < -0.4 is 10.1 Å². The quantitative estimate of drug-likeness (QED) is 0.775. The van der Waals surface area contributed by atoms with Gasteiger partial charge in [-0.1, -0.05) is 23.7 Å². The summed E-state index contributed by atoms with van der Waals surface area (Å²) in [4.78, 5) is 17.4. The second-order valence-electron chi connectivity index (χ2n) is 6.19. The predicted octanol–water partition coefficient (Wildman–Crippen LogP) is 3.90. The van der Waals surface area contributed by atoms with E-state index in [-0.39, 0.29) is 11.8 Å². The summed E-state index contributed by atoms with van der Waals surface area (Å²) in [7, 11) is 1.57. The summed E-state index contributed by atoms with van der Waals surface area (Å²) in [5.74, 6) is 1.42. The van der Waals surface area contributed by atoms with E-state index in [4.69, 9.17) is 16.3 Å². The Kier molecular flexibility index (Phi) is 4.09. The summed E-state index contributed by atoms with van der Waals surface area (Å²) >= 11 is 6.03. The molecule has 128 valence electrons. The summed E-state index contributed by atoms with van der Waals surface area (Å²) in [5.41, 5.74) is 2.71. The fourth-order valence-electron chi connectivity index (χ4n) is 3.37. The number of carbonyl (C=O) groups excluding carboxylic acids is 1. The van der Waals surface area contributed by atoms with Gasteiger partial charge in [0.25, 0.3) is 0 Å². The molecule has 2 heterocycles. The van der Waals surface area contributed by atoms with Crippen molar-refractivity contribution in [3.05, 3.63) is 53.3 Å². The fourth-order valence-corrected chi connectivity index (χ4v) is 3.55. The van der Waals surface area contributed by atoms with E-state index < -0.39 is 0 Å². The molecule has 5 nitrogen and oxygen atoms in total. The zero-order chi connectivity index (χ0) is 17.4. The van der Waals surface area contributed by atoms with Crippen LogP contribution >= 0.6 is 11.6 Å². The number of nitrogens with zero attached hydrogens (tertiary/aromatic N) is 2. The molecule has 25 heavy (non-hydrogen) atoms. The number of hydrogen-bond donors (Lipinski definition) is 1. The first kappa shape index (κ1) is 16.0. The molecule has 0 spiro atoms. The third kappa shape index (κ3) is 2.96. The van der Waals surface area contributed by atoms with Crippen LogP contribution in [0, 0.1) is 5.92 Å². The number of amides is 1. The van der Waals surface area contributed by atoms with E-state index in [1.54, 1.807) is 25.3 Å². The maximum Gasteiger partial charge on any atom is 0.228 e. The minimum Gasteiger partial charge on any atom is -0.495 e. The first-order valence-corrected chi connectivity index (χ1v) is 8.62. The third-order valence-electron chi connectivity index (χ3n) is 4.65. The number of methoxy groups -OCH3 is 1. The summed E-state index contributed by atoms with van der Waals surface area (Å²) in [6.45, 7) is 0.792. The number of imidazole rings is 1. The Labute approximate surface area is 150 Å². The van der Waals surface area contributed by atoms with Gasteiger partial charge in [0.15, 0.2) is 0 Å². The number of ether oxygens (including phenoxy) is 1. The molecule has 4 rings (SSSR count). The van der Waals surface area contributed by atoms with Crippen molar-refractivity contribution in [3.8, 4) is 5.75 Å². The van der Waals surface area contributed by atoms with Gasteiger partial charge in [0, 0.05) is 23.9 Å². The van der Waals surface area contributed by atoms with Gasteiger partial charge in [0.2, 0.25) is 5.91 Å². The van der Waals surface area contributed by atoms with Gasteiger partial charge in [-0.15, -0.1) is 0 Å². The van der Waals surface area contributed by atoms with Crippen LogP contribution in [0.25, 0.3) is 11.0 Å². The fraction of sp³-hybridized carbons (Fsp3) is 0.263. The molecule has 0 bridgehead atoms. The van der Waals surface area contributed by atoms with Gasteiger partial charge >= 0.3 is 0 Å². The normalized spacial score (nSPS) is 16.5. The lowest BCUT2D eigenvalue weighted by atomic mass is 9.96. The van der Waals surface area contributed by atoms with Crippen molar-refractivity contribution < 1.29 is 9.53 Å². The lowest BCUT2D eigenvalue weighted by molar-refractivity contribution is -0.120. The number of hydrogen-bond acceptors (Lipinski definition) is 3. The number of rotatable bonds is 3. The Balaban J connectivity index is 1.55. The van der Waals surface area contributed by atoms with Crippen LogP contribution in [0.2, 0.25) is 5.02 Å². The van der Waals surface area contributed by atoms with Gasteiger partial charge in [-0.25, -0.2) is 4.98 Å². The van der Waals surface area contributed by atoms with E-state index in [1.807, 2.05) is 18.2 Å². The number of halogens is 1. The number of benzene rings is 2. The first-order chi connectivity index (χ1) is 12.2. The molecule has 0 radical (unpaired) electrons. The predicted molar refractivity (Wildman–Crippen MR) is 98.2 cm³/mol. The molecule has 1 amide bonds. The smallest absolute Gasteiger partial charge is 0.228 e. The van der Waals surface area contributed by atoms with Crippen LogP contribution in [-0.2, 0) is 17.8 Å². The van der Waals surface area contributed by atoms with Crippen LogP contribution in [0.4, 0.5) is 5.69 Å². The second-order valence-corrected chi connectivity index (χ2v) is 6.63. The van der Waals surface area contributed by atoms with Crippen LogP contribution in [0.1, 0.15) is 12.2 Å². The van der Waals surface area contributed by atoms with Crippen LogP contribution in [-0.4, -0.2) is 22.6 Å². The maximum absolute atomic E-state index is 12.7. The van der Waals surface area contributed by atoms with Crippen LogP contribution in [0.3, 0.4) is 0 Å². The first-order valence-electron chi connectivity index (χ1n) is 8.24. The van der Waals surface area contributed by atoms with Gasteiger partial charge < -0.3 is 14.6 Å². The molecule has 0 saturated heterocycles. The average molecular weight is 356 g/mol. The molecule has 1 unspecified atom stereocenters. The average Bonchev–Trinajstić information content (AvgIpc) is 2.99. The summed E-state index contributed by atoms with van der Waals surface area (Å²) < 4.78 is 7.50. The van der Waals surface area contributed by atoms with Crippen LogP contribution in [0.5, 0.6) is 5.75 Å². The number of anilines is 1. The lowest BCUT2D eigenvalue weighted by Gasteiger charge is -2.23. The molecule has 2 aromatic carbocycles. The van der Waals surface area contributed by atoms with Gasteiger partial charge in [-0.2, -0.15) is 0 Å². The number of carbonyl (C=O) groups is 1. The van der Waals surface area contributed by atoms with Crippen molar-refractivity contribution in [3.63, 3.8) is 0 Å². The molecule has 0 fully saturated rings. The van der Waals surface area contributed by atoms with Gasteiger partial charge in [0.1, 0.15) is 11.6 Å². The van der Waals surface area contributed by atoms with Crippen molar-refractivity contribution in [1.29, 1.82) is 0 Å². The lowest BCUT2D eigenvalue weighted by Crippen LogP contribution is -2.30. The van der Waals surface area contributed by atoms with Gasteiger partial charge in [-0.3, -0.25) is 4.79 Å². The molecule has 1 N–H and O–H groups in total. The maximum atomic E-state index is 12.7. The molecule has 3 aromatic rings. The number of aryl methyl sites for hydroxylation is 1. The second kappa shape index (κ2) is 6.41.